The molecule has 10 nitrogen and oxygen atoms in total. The average molecular weight is 604 g/mol. The molecule has 38 heavy (non-hydrogen) atoms. The molecule has 0 heterocycles. The first-order valence-corrected chi connectivity index (χ1v) is 12.3. The van der Waals surface area contributed by atoms with Gasteiger partial charge in [0.2, 0.25) is 0 Å². The van der Waals surface area contributed by atoms with Crippen LogP contribution in [0.1, 0.15) is 11.1 Å². The Morgan fingerprint density at radius 3 is 2.34 bits per heavy atom. The van der Waals surface area contributed by atoms with Crippen LogP contribution in [0, 0.1) is 0 Å². The first-order chi connectivity index (χ1) is 18.3. The highest BCUT2D eigenvalue weighted by atomic mass is 79.9. The maximum Gasteiger partial charge on any atom is 0.329 e. The van der Waals surface area contributed by atoms with Crippen molar-refractivity contribution < 1.29 is 28.6 Å². The van der Waals surface area contributed by atoms with Crippen molar-refractivity contribution in [3.63, 3.8) is 0 Å². The van der Waals surface area contributed by atoms with Gasteiger partial charge in [-0.25, -0.2) is 5.43 Å². The molecule has 198 valence electrons. The van der Waals surface area contributed by atoms with Gasteiger partial charge in [0.15, 0.2) is 18.1 Å². The van der Waals surface area contributed by atoms with E-state index >= 15 is 0 Å². The fourth-order valence-electron chi connectivity index (χ4n) is 3.04. The van der Waals surface area contributed by atoms with Gasteiger partial charge in [-0.05, 0) is 75.6 Å². The summed E-state index contributed by atoms with van der Waals surface area (Å²) in [5, 5.41) is 9.59. The number of halogens is 2. The van der Waals surface area contributed by atoms with E-state index in [2.05, 4.69) is 37.1 Å². The van der Waals surface area contributed by atoms with Crippen LogP contribution in [0.4, 0.5) is 5.69 Å². The summed E-state index contributed by atoms with van der Waals surface area (Å²) in [6.07, 6.45) is 1.33. The van der Waals surface area contributed by atoms with Gasteiger partial charge in [0.25, 0.3) is 5.91 Å². The zero-order valence-electron chi connectivity index (χ0n) is 20.4. The molecule has 0 unspecified atom stereocenters. The average Bonchev–Trinajstić information content (AvgIpc) is 2.92. The number of nitrogens with one attached hydrogen (secondary N) is 3. The molecule has 12 heteroatoms. The Balaban J connectivity index is 1.52. The second-order valence-corrected chi connectivity index (χ2v) is 8.90. The molecule has 0 spiro atoms. The third-order valence-corrected chi connectivity index (χ3v) is 5.77. The zero-order valence-corrected chi connectivity index (χ0v) is 22.8. The number of methoxy groups -OCH3 is 2. The smallest absolute Gasteiger partial charge is 0.329 e. The minimum absolute atomic E-state index is 0.170. The lowest BCUT2D eigenvalue weighted by molar-refractivity contribution is -0.139. The molecule has 0 saturated carbocycles. The number of hydrazone groups is 1. The Morgan fingerprint density at radius 1 is 0.974 bits per heavy atom. The van der Waals surface area contributed by atoms with Gasteiger partial charge in [0, 0.05) is 17.3 Å². The van der Waals surface area contributed by atoms with E-state index in [0.717, 1.165) is 5.56 Å². The van der Waals surface area contributed by atoms with E-state index in [1.165, 1.54) is 13.3 Å². The monoisotopic (exact) mass is 602 g/mol. The predicted octanol–water partition coefficient (Wildman–Crippen LogP) is 3.90. The summed E-state index contributed by atoms with van der Waals surface area (Å²) in [4.78, 5) is 36.3. The number of carbonyl (C=O) groups is 3. The summed E-state index contributed by atoms with van der Waals surface area (Å²) < 4.78 is 16.6. The van der Waals surface area contributed by atoms with Gasteiger partial charge in [-0.15, -0.1) is 0 Å². The van der Waals surface area contributed by atoms with E-state index in [9.17, 15) is 14.4 Å². The number of nitrogens with zero attached hydrogens (tertiary/aromatic N) is 1. The normalized spacial score (nSPS) is 10.5. The lowest BCUT2D eigenvalue weighted by atomic mass is 10.2. The van der Waals surface area contributed by atoms with Crippen LogP contribution in [0.15, 0.2) is 70.2 Å². The van der Waals surface area contributed by atoms with Gasteiger partial charge >= 0.3 is 11.8 Å². The van der Waals surface area contributed by atoms with Crippen LogP contribution < -0.4 is 30.3 Å². The van der Waals surface area contributed by atoms with Gasteiger partial charge in [-0.1, -0.05) is 23.7 Å². The zero-order chi connectivity index (χ0) is 27.5. The number of carbonyl (C=O) groups excluding carboxylic acids is 3. The Bertz CT molecular complexity index is 1320. The Hall–Kier alpha value is -4.09. The molecule has 3 rings (SSSR count). The number of benzene rings is 3. The number of rotatable bonds is 10. The minimum Gasteiger partial charge on any atom is -0.497 e. The lowest BCUT2D eigenvalue weighted by Crippen LogP contribution is -2.37. The van der Waals surface area contributed by atoms with Gasteiger partial charge in [0.1, 0.15) is 5.75 Å². The van der Waals surface area contributed by atoms with Gasteiger partial charge in [-0.3, -0.25) is 14.4 Å². The highest BCUT2D eigenvalue weighted by Gasteiger charge is 2.15. The lowest BCUT2D eigenvalue weighted by Gasteiger charge is -2.13. The maximum atomic E-state index is 12.2. The van der Waals surface area contributed by atoms with Crippen LogP contribution in [0.25, 0.3) is 0 Å². The first-order valence-electron chi connectivity index (χ1n) is 11.1. The summed E-state index contributed by atoms with van der Waals surface area (Å²) >= 11 is 9.24. The number of amides is 3. The second kappa shape index (κ2) is 14.0. The first kappa shape index (κ1) is 28.5. The highest BCUT2D eigenvalue weighted by molar-refractivity contribution is 9.10. The van der Waals surface area contributed by atoms with Gasteiger partial charge in [-0.2, -0.15) is 5.10 Å². The summed E-state index contributed by atoms with van der Waals surface area (Å²) in [7, 11) is 3.00. The SMILES string of the molecule is COc1ccc(CNC(=O)C(=O)N/N=C\c2cc(Br)c(OCC(=O)Nc3ccc(Cl)cc3)c(OC)c2)cc1. The van der Waals surface area contributed by atoms with E-state index in [1.54, 1.807) is 67.8 Å². The van der Waals surface area contributed by atoms with Crippen molar-refractivity contribution in [2.24, 2.45) is 5.10 Å². The third kappa shape index (κ3) is 8.49. The van der Waals surface area contributed by atoms with Crippen molar-refractivity contribution in [2.45, 2.75) is 6.54 Å². The Morgan fingerprint density at radius 2 is 1.68 bits per heavy atom. The molecule has 0 aliphatic heterocycles. The molecular weight excluding hydrogens is 580 g/mol. The third-order valence-electron chi connectivity index (χ3n) is 4.93. The quantitative estimate of drug-likeness (QED) is 0.183. The van der Waals surface area contributed by atoms with E-state index in [0.29, 0.717) is 38.0 Å². The molecule has 0 aliphatic carbocycles. The maximum absolute atomic E-state index is 12.2. The summed E-state index contributed by atoms with van der Waals surface area (Å²) in [6, 6.07) is 17.0. The molecule has 0 aromatic heterocycles. The molecule has 3 N–H and O–H groups in total. The molecule has 3 aromatic rings. The van der Waals surface area contributed by atoms with E-state index in [1.807, 2.05) is 0 Å². The van der Waals surface area contributed by atoms with Gasteiger partial charge in [0.05, 0.1) is 24.9 Å². The molecule has 3 amide bonds. The fraction of sp³-hybridized carbons (Fsp3) is 0.154. The molecule has 0 fully saturated rings. The van der Waals surface area contributed by atoms with E-state index in [4.69, 9.17) is 25.8 Å². The fourth-order valence-corrected chi connectivity index (χ4v) is 3.74. The van der Waals surface area contributed by atoms with Gasteiger partial charge < -0.3 is 24.8 Å². The number of ether oxygens (including phenoxy) is 3. The summed E-state index contributed by atoms with van der Waals surface area (Å²) in [5.41, 5.74) is 4.09. The van der Waals surface area contributed by atoms with Crippen LogP contribution in [-0.4, -0.2) is 44.8 Å². The molecule has 0 aliphatic rings. The Labute approximate surface area is 232 Å². The van der Waals surface area contributed by atoms with Crippen LogP contribution in [0.2, 0.25) is 5.02 Å². The Kier molecular flexibility index (Phi) is 10.5. The molecule has 0 radical (unpaired) electrons. The highest BCUT2D eigenvalue weighted by Crippen LogP contribution is 2.36. The summed E-state index contributed by atoms with van der Waals surface area (Å²) in [6.45, 7) is -0.101. The number of anilines is 1. The molecule has 0 bridgehead atoms. The van der Waals surface area contributed by atoms with Crippen LogP contribution in [0.3, 0.4) is 0 Å². The molecule has 0 saturated heterocycles. The summed E-state index contributed by atoms with van der Waals surface area (Å²) in [5.74, 6) is -0.819. The van der Waals surface area contributed by atoms with Crippen molar-refractivity contribution in [2.75, 3.05) is 26.1 Å². The van der Waals surface area contributed by atoms with Crippen molar-refractivity contribution in [1.29, 1.82) is 0 Å². The van der Waals surface area contributed by atoms with Crippen LogP contribution in [-0.2, 0) is 20.9 Å². The van der Waals surface area contributed by atoms with E-state index < -0.39 is 11.8 Å². The van der Waals surface area contributed by atoms with Crippen molar-refractivity contribution in [3.8, 4) is 17.2 Å². The number of hydrogen-bond acceptors (Lipinski definition) is 7. The van der Waals surface area contributed by atoms with Crippen LogP contribution >= 0.6 is 27.5 Å². The molecular formula is C26H24BrClN4O6. The van der Waals surface area contributed by atoms with Crippen molar-refractivity contribution in [3.05, 3.63) is 81.3 Å². The van der Waals surface area contributed by atoms with Crippen molar-refractivity contribution >= 4 is 57.2 Å². The standard InChI is InChI=1S/C26H24BrClN4O6/c1-36-20-9-3-16(4-10-20)13-29-25(34)26(35)32-30-14-17-11-21(27)24(22(12-17)37-2)38-15-23(33)31-19-7-5-18(28)6-8-19/h3-12,14H,13,15H2,1-2H3,(H,29,34)(H,31,33)(H,32,35)/b30-14-. The topological polar surface area (TPSA) is 127 Å². The van der Waals surface area contributed by atoms with E-state index in [-0.39, 0.29) is 19.1 Å². The predicted molar refractivity (Wildman–Crippen MR) is 147 cm³/mol. The molecule has 3 aromatic carbocycles. The second-order valence-electron chi connectivity index (χ2n) is 7.61. The molecule has 0 atom stereocenters. The van der Waals surface area contributed by atoms with Crippen LogP contribution in [0.5, 0.6) is 17.2 Å². The number of hydrogen-bond donors (Lipinski definition) is 3. The minimum atomic E-state index is -0.924. The largest absolute Gasteiger partial charge is 0.497 e. The van der Waals surface area contributed by atoms with Crippen molar-refractivity contribution in [1.82, 2.24) is 10.7 Å².